The van der Waals surface area contributed by atoms with E-state index in [0.717, 1.165) is 0 Å². The molecule has 6 heteroatoms. The minimum absolute atomic E-state index is 0.167. The van der Waals surface area contributed by atoms with Crippen molar-refractivity contribution in [2.45, 2.75) is 18.8 Å². The predicted octanol–water partition coefficient (Wildman–Crippen LogP) is 1.29. The second-order valence-corrected chi connectivity index (χ2v) is 2.77. The first-order valence-electron chi connectivity index (χ1n) is 3.98. The van der Waals surface area contributed by atoms with Crippen LogP contribution in [-0.4, -0.2) is 23.9 Å². The minimum atomic E-state index is -4.57. The molecule has 1 heterocycles. The first-order valence-corrected chi connectivity index (χ1v) is 3.98. The Balaban J connectivity index is 2.22. The monoisotopic (exact) mass is 209 g/mol. The molecule has 0 aliphatic heterocycles. The maximum Gasteiger partial charge on any atom is 0.415 e. The summed E-state index contributed by atoms with van der Waals surface area (Å²) < 4.78 is 40.3. The zero-order valence-corrected chi connectivity index (χ0v) is 7.21. The van der Waals surface area contributed by atoms with E-state index in [9.17, 15) is 13.2 Å². The molecule has 1 rings (SSSR count). The fraction of sp³-hybridized carbons (Fsp3) is 0.500. The Bertz CT molecular complexity index is 258. The van der Waals surface area contributed by atoms with Crippen LogP contribution in [0.4, 0.5) is 13.2 Å². The Morgan fingerprint density at radius 3 is 2.71 bits per heavy atom. The average Bonchev–Trinajstić information content (AvgIpc) is 2.55. The predicted molar refractivity (Wildman–Crippen MR) is 42.5 cm³/mol. The van der Waals surface area contributed by atoms with Crippen molar-refractivity contribution in [3.63, 3.8) is 0 Å². The van der Waals surface area contributed by atoms with Gasteiger partial charge in [-0.2, -0.15) is 13.2 Å². The number of rotatable bonds is 4. The van der Waals surface area contributed by atoms with Gasteiger partial charge in [0.2, 0.25) is 0 Å². The van der Waals surface area contributed by atoms with Crippen molar-refractivity contribution in [2.75, 3.05) is 6.54 Å². The lowest BCUT2D eigenvalue weighted by atomic mass is 10.3. The summed E-state index contributed by atoms with van der Waals surface area (Å²) in [5.41, 5.74) is 0. The number of furan rings is 1. The van der Waals surface area contributed by atoms with Crippen LogP contribution < -0.4 is 5.32 Å². The molecule has 0 bridgehead atoms. The molecule has 1 aromatic rings. The fourth-order valence-electron chi connectivity index (χ4n) is 0.861. The van der Waals surface area contributed by atoms with Crippen LogP contribution in [0.15, 0.2) is 22.8 Å². The number of aliphatic hydroxyl groups excluding tert-OH is 1. The molecule has 0 aliphatic carbocycles. The molecule has 0 spiro atoms. The van der Waals surface area contributed by atoms with Crippen LogP contribution in [0.2, 0.25) is 0 Å². The first kappa shape index (κ1) is 11.1. The molecular weight excluding hydrogens is 199 g/mol. The molecule has 80 valence electrons. The van der Waals surface area contributed by atoms with E-state index < -0.39 is 18.8 Å². The SMILES string of the molecule is OC(CNCc1ccco1)C(F)(F)F. The van der Waals surface area contributed by atoms with Crippen molar-refractivity contribution in [1.82, 2.24) is 5.32 Å². The van der Waals surface area contributed by atoms with Crippen LogP contribution >= 0.6 is 0 Å². The number of halogens is 3. The van der Waals surface area contributed by atoms with Crippen molar-refractivity contribution in [3.8, 4) is 0 Å². The van der Waals surface area contributed by atoms with Crippen molar-refractivity contribution < 1.29 is 22.7 Å². The van der Waals surface area contributed by atoms with Gasteiger partial charge in [-0.1, -0.05) is 0 Å². The van der Waals surface area contributed by atoms with E-state index in [4.69, 9.17) is 9.52 Å². The minimum Gasteiger partial charge on any atom is -0.468 e. The highest BCUT2D eigenvalue weighted by Crippen LogP contribution is 2.19. The molecule has 0 aromatic carbocycles. The largest absolute Gasteiger partial charge is 0.468 e. The van der Waals surface area contributed by atoms with Gasteiger partial charge >= 0.3 is 6.18 Å². The van der Waals surface area contributed by atoms with Gasteiger partial charge in [0.05, 0.1) is 12.8 Å². The molecular formula is C8H10F3NO2. The van der Waals surface area contributed by atoms with Crippen LogP contribution in [0.3, 0.4) is 0 Å². The van der Waals surface area contributed by atoms with E-state index >= 15 is 0 Å². The quantitative estimate of drug-likeness (QED) is 0.785. The topological polar surface area (TPSA) is 45.4 Å². The number of alkyl halides is 3. The third-order valence-corrected chi connectivity index (χ3v) is 1.59. The Hall–Kier alpha value is -1.01. The van der Waals surface area contributed by atoms with Gasteiger partial charge in [-0.3, -0.25) is 0 Å². The van der Waals surface area contributed by atoms with Gasteiger partial charge in [-0.05, 0) is 12.1 Å². The summed E-state index contributed by atoms with van der Waals surface area (Å²) >= 11 is 0. The Morgan fingerprint density at radius 1 is 1.50 bits per heavy atom. The molecule has 1 unspecified atom stereocenters. The third kappa shape index (κ3) is 3.39. The van der Waals surface area contributed by atoms with Gasteiger partial charge in [-0.25, -0.2) is 0 Å². The molecule has 0 saturated carbocycles. The lowest BCUT2D eigenvalue weighted by Gasteiger charge is -2.14. The van der Waals surface area contributed by atoms with E-state index in [1.165, 1.54) is 6.26 Å². The Morgan fingerprint density at radius 2 is 2.21 bits per heavy atom. The van der Waals surface area contributed by atoms with E-state index in [0.29, 0.717) is 5.76 Å². The summed E-state index contributed by atoms with van der Waals surface area (Å²) in [6.45, 7) is -0.371. The fourth-order valence-corrected chi connectivity index (χ4v) is 0.861. The normalized spacial score (nSPS) is 14.3. The Labute approximate surface area is 78.5 Å². The van der Waals surface area contributed by atoms with Gasteiger partial charge in [0.15, 0.2) is 6.10 Å². The zero-order valence-electron chi connectivity index (χ0n) is 7.21. The molecule has 2 N–H and O–H groups in total. The maximum atomic E-state index is 11.8. The Kier molecular flexibility index (Phi) is 3.54. The van der Waals surface area contributed by atoms with Gasteiger partial charge in [0, 0.05) is 6.54 Å². The van der Waals surface area contributed by atoms with Gasteiger partial charge in [0.25, 0.3) is 0 Å². The van der Waals surface area contributed by atoms with Crippen molar-refractivity contribution in [2.24, 2.45) is 0 Å². The second-order valence-electron chi connectivity index (χ2n) is 2.77. The first-order chi connectivity index (χ1) is 6.50. The highest BCUT2D eigenvalue weighted by Gasteiger charge is 2.37. The van der Waals surface area contributed by atoms with Gasteiger partial charge < -0.3 is 14.8 Å². The van der Waals surface area contributed by atoms with Crippen LogP contribution in [0, 0.1) is 0 Å². The standard InChI is InChI=1S/C8H10F3NO2/c9-8(10,11)7(13)5-12-4-6-2-1-3-14-6/h1-3,7,12-13H,4-5H2. The summed E-state index contributed by atoms with van der Waals surface area (Å²) in [7, 11) is 0. The van der Waals surface area contributed by atoms with E-state index in [2.05, 4.69) is 5.32 Å². The molecule has 1 atom stereocenters. The van der Waals surface area contributed by atoms with Crippen molar-refractivity contribution >= 4 is 0 Å². The van der Waals surface area contributed by atoms with Gasteiger partial charge in [0.1, 0.15) is 5.76 Å². The average molecular weight is 209 g/mol. The lowest BCUT2D eigenvalue weighted by Crippen LogP contribution is -2.38. The summed E-state index contributed by atoms with van der Waals surface area (Å²) in [6.07, 6.45) is -5.48. The third-order valence-electron chi connectivity index (χ3n) is 1.59. The molecule has 0 amide bonds. The van der Waals surface area contributed by atoms with E-state index in [1.807, 2.05) is 0 Å². The number of aliphatic hydroxyl groups is 1. The van der Waals surface area contributed by atoms with Crippen molar-refractivity contribution in [1.29, 1.82) is 0 Å². The molecule has 0 fully saturated rings. The number of hydrogen-bond acceptors (Lipinski definition) is 3. The lowest BCUT2D eigenvalue weighted by molar-refractivity contribution is -0.201. The van der Waals surface area contributed by atoms with E-state index in [-0.39, 0.29) is 6.54 Å². The summed E-state index contributed by atoms with van der Waals surface area (Å²) in [5.74, 6) is 0.527. The van der Waals surface area contributed by atoms with Crippen LogP contribution in [-0.2, 0) is 6.54 Å². The van der Waals surface area contributed by atoms with Crippen LogP contribution in [0.1, 0.15) is 5.76 Å². The zero-order chi connectivity index (χ0) is 10.6. The van der Waals surface area contributed by atoms with Crippen LogP contribution in [0.25, 0.3) is 0 Å². The highest BCUT2D eigenvalue weighted by molar-refractivity contribution is 4.97. The summed E-state index contributed by atoms with van der Waals surface area (Å²) in [6, 6.07) is 3.27. The number of nitrogens with one attached hydrogen (secondary N) is 1. The highest BCUT2D eigenvalue weighted by atomic mass is 19.4. The molecule has 3 nitrogen and oxygen atoms in total. The van der Waals surface area contributed by atoms with Gasteiger partial charge in [-0.15, -0.1) is 0 Å². The molecule has 1 aromatic heterocycles. The molecule has 0 radical (unpaired) electrons. The number of hydrogen-bond donors (Lipinski definition) is 2. The van der Waals surface area contributed by atoms with E-state index in [1.54, 1.807) is 12.1 Å². The summed E-state index contributed by atoms with van der Waals surface area (Å²) in [4.78, 5) is 0. The maximum absolute atomic E-state index is 11.8. The van der Waals surface area contributed by atoms with Crippen molar-refractivity contribution in [3.05, 3.63) is 24.2 Å². The molecule has 0 saturated heterocycles. The second kappa shape index (κ2) is 4.47. The summed E-state index contributed by atoms with van der Waals surface area (Å²) in [5, 5.41) is 11.0. The smallest absolute Gasteiger partial charge is 0.415 e. The molecule has 14 heavy (non-hydrogen) atoms. The van der Waals surface area contributed by atoms with Crippen LogP contribution in [0.5, 0.6) is 0 Å². The molecule has 0 aliphatic rings.